The molecular weight excluding hydrogens is 510 g/mol. The van der Waals surface area contributed by atoms with Gasteiger partial charge in [-0.1, -0.05) is 30.3 Å². The normalized spacial score (nSPS) is 11.0. The van der Waals surface area contributed by atoms with Gasteiger partial charge < -0.3 is 19.3 Å². The van der Waals surface area contributed by atoms with Crippen molar-refractivity contribution in [3.05, 3.63) is 106 Å². The minimum absolute atomic E-state index is 0.0845. The molecule has 0 amide bonds. The molecule has 0 saturated carbocycles. The fourth-order valence-corrected chi connectivity index (χ4v) is 4.61. The van der Waals surface area contributed by atoms with Crippen molar-refractivity contribution >= 4 is 16.7 Å². The van der Waals surface area contributed by atoms with Gasteiger partial charge in [-0.3, -0.25) is 19.3 Å². The number of aliphatic hydroxyl groups excluding tert-OH is 1. The molecule has 0 bridgehead atoms. The Labute approximate surface area is 230 Å². The Morgan fingerprint density at radius 3 is 2.42 bits per heavy atom. The number of benzene rings is 3. The number of rotatable bonds is 10. The molecule has 0 aliphatic heterocycles. The molecule has 0 fully saturated rings. The minimum atomic E-state index is -0.332. The van der Waals surface area contributed by atoms with E-state index in [-0.39, 0.29) is 36.5 Å². The molecule has 0 saturated heterocycles. The second kappa shape index (κ2) is 11.5. The van der Waals surface area contributed by atoms with Gasteiger partial charge in [-0.05, 0) is 48.9 Å². The first kappa shape index (κ1) is 26.7. The van der Waals surface area contributed by atoms with Gasteiger partial charge in [0.25, 0.3) is 5.56 Å². The lowest BCUT2D eigenvalue weighted by molar-refractivity contribution is 0.0991. The van der Waals surface area contributed by atoms with Crippen LogP contribution in [0.1, 0.15) is 21.6 Å². The first-order chi connectivity index (χ1) is 19.4. The molecule has 204 valence electrons. The summed E-state index contributed by atoms with van der Waals surface area (Å²) in [4.78, 5) is 30.8. The maximum absolute atomic E-state index is 13.2. The number of aromatic nitrogens is 3. The van der Waals surface area contributed by atoms with Gasteiger partial charge >= 0.3 is 0 Å². The van der Waals surface area contributed by atoms with E-state index in [1.807, 2.05) is 42.5 Å². The zero-order valence-electron chi connectivity index (χ0n) is 22.5. The summed E-state index contributed by atoms with van der Waals surface area (Å²) in [5, 5.41) is 9.81. The third-order valence-corrected chi connectivity index (χ3v) is 6.68. The second-order valence-electron chi connectivity index (χ2n) is 9.18. The molecule has 3 aromatic carbocycles. The Balaban J connectivity index is 1.35. The third kappa shape index (κ3) is 5.19. The van der Waals surface area contributed by atoms with Gasteiger partial charge in [0, 0.05) is 36.8 Å². The van der Waals surface area contributed by atoms with Crippen LogP contribution >= 0.6 is 0 Å². The molecule has 0 spiro atoms. The van der Waals surface area contributed by atoms with Crippen molar-refractivity contribution in [3.8, 4) is 28.7 Å². The van der Waals surface area contributed by atoms with Crippen LogP contribution in [-0.4, -0.2) is 45.6 Å². The molecule has 9 heteroatoms. The maximum atomic E-state index is 13.2. The molecule has 1 N–H and O–H groups in total. The average Bonchev–Trinajstić information content (AvgIpc) is 3.20. The smallest absolute Gasteiger partial charge is 0.282 e. The SMILES string of the molecule is COc1cc2c(Oc3ccc(CC(=O)c4c(C)n(C)n(-c5ccccc5)c4=O)cc3)ccnc2cc1OCCO. The van der Waals surface area contributed by atoms with Gasteiger partial charge in [-0.2, -0.15) is 0 Å². The summed E-state index contributed by atoms with van der Waals surface area (Å²) in [6.07, 6.45) is 1.72. The zero-order chi connectivity index (χ0) is 28.2. The number of para-hydroxylation sites is 1. The van der Waals surface area contributed by atoms with Crippen molar-refractivity contribution in [2.75, 3.05) is 20.3 Å². The number of hydrogen-bond acceptors (Lipinski definition) is 7. The summed E-state index contributed by atoms with van der Waals surface area (Å²) in [6, 6.07) is 21.7. The molecule has 0 aliphatic carbocycles. The standard InChI is InChI=1S/C31H29N3O6/c1-20-30(31(37)34(33(20)2)22-7-5-4-6-8-22)26(36)17-21-9-11-23(12-10-21)40-27-13-14-32-25-19-29(39-16-15-35)28(38-3)18-24(25)27/h4-14,18-19,35H,15-17H2,1-3H3. The highest BCUT2D eigenvalue weighted by Crippen LogP contribution is 2.37. The van der Waals surface area contributed by atoms with Crippen LogP contribution in [0.25, 0.3) is 16.6 Å². The van der Waals surface area contributed by atoms with Crippen molar-refractivity contribution in [2.45, 2.75) is 13.3 Å². The molecule has 0 atom stereocenters. The molecule has 5 aromatic rings. The Kier molecular flexibility index (Phi) is 7.65. The first-order valence-corrected chi connectivity index (χ1v) is 12.8. The van der Waals surface area contributed by atoms with Crippen LogP contribution in [0.4, 0.5) is 0 Å². The Bertz CT molecular complexity index is 1720. The molecule has 0 unspecified atom stereocenters. The quantitative estimate of drug-likeness (QED) is 0.258. The molecule has 5 rings (SSSR count). The van der Waals surface area contributed by atoms with E-state index in [0.717, 1.165) is 10.9 Å². The van der Waals surface area contributed by atoms with Crippen molar-refractivity contribution < 1.29 is 24.1 Å². The van der Waals surface area contributed by atoms with Crippen LogP contribution in [0.2, 0.25) is 0 Å². The molecule has 40 heavy (non-hydrogen) atoms. The Morgan fingerprint density at radius 1 is 0.975 bits per heavy atom. The average molecular weight is 540 g/mol. The topological polar surface area (TPSA) is 105 Å². The van der Waals surface area contributed by atoms with Crippen molar-refractivity contribution in [2.24, 2.45) is 7.05 Å². The number of fused-ring (bicyclic) bond motifs is 1. The van der Waals surface area contributed by atoms with E-state index in [0.29, 0.717) is 39.9 Å². The zero-order valence-corrected chi connectivity index (χ0v) is 22.5. The van der Waals surface area contributed by atoms with E-state index in [4.69, 9.17) is 19.3 Å². The van der Waals surface area contributed by atoms with E-state index in [1.165, 1.54) is 11.8 Å². The highest BCUT2D eigenvalue weighted by atomic mass is 16.5. The number of aliphatic hydroxyl groups is 1. The summed E-state index contributed by atoms with van der Waals surface area (Å²) >= 11 is 0. The summed E-state index contributed by atoms with van der Waals surface area (Å²) < 4.78 is 20.4. The molecular formula is C31H29N3O6. The van der Waals surface area contributed by atoms with Crippen molar-refractivity contribution in [1.82, 2.24) is 14.3 Å². The van der Waals surface area contributed by atoms with Crippen molar-refractivity contribution in [3.63, 3.8) is 0 Å². The van der Waals surface area contributed by atoms with Crippen LogP contribution in [0.3, 0.4) is 0 Å². The number of Topliss-reactive ketones (excluding diaryl/α,β-unsaturated/α-hetero) is 1. The van der Waals surface area contributed by atoms with Crippen LogP contribution < -0.4 is 19.8 Å². The van der Waals surface area contributed by atoms with Crippen LogP contribution in [-0.2, 0) is 13.5 Å². The highest BCUT2D eigenvalue weighted by Gasteiger charge is 2.22. The number of ether oxygens (including phenoxy) is 3. The fraction of sp³-hybridized carbons (Fsp3) is 0.194. The second-order valence-corrected chi connectivity index (χ2v) is 9.18. The monoisotopic (exact) mass is 539 g/mol. The van der Waals surface area contributed by atoms with Gasteiger partial charge in [-0.15, -0.1) is 0 Å². The van der Waals surface area contributed by atoms with E-state index in [1.54, 1.807) is 55.2 Å². The van der Waals surface area contributed by atoms with Crippen LogP contribution in [0.5, 0.6) is 23.0 Å². The van der Waals surface area contributed by atoms with Crippen molar-refractivity contribution in [1.29, 1.82) is 0 Å². The summed E-state index contributed by atoms with van der Waals surface area (Å²) in [6.45, 7) is 1.80. The number of methoxy groups -OCH3 is 1. The Hall–Kier alpha value is -4.89. The van der Waals surface area contributed by atoms with Gasteiger partial charge in [0.15, 0.2) is 17.3 Å². The lowest BCUT2D eigenvalue weighted by Crippen LogP contribution is -2.23. The van der Waals surface area contributed by atoms with E-state index in [2.05, 4.69) is 4.98 Å². The number of nitrogens with zero attached hydrogens (tertiary/aromatic N) is 3. The van der Waals surface area contributed by atoms with E-state index in [9.17, 15) is 9.59 Å². The molecule has 9 nitrogen and oxygen atoms in total. The minimum Gasteiger partial charge on any atom is -0.493 e. The summed E-state index contributed by atoms with van der Waals surface area (Å²) in [5.41, 5.74) is 2.58. The lowest BCUT2D eigenvalue weighted by atomic mass is 10.0. The number of carbonyl (C=O) groups is 1. The molecule has 0 aliphatic rings. The summed E-state index contributed by atoms with van der Waals surface area (Å²) in [5.74, 6) is 1.88. The Morgan fingerprint density at radius 2 is 1.73 bits per heavy atom. The predicted molar refractivity (Wildman–Crippen MR) is 151 cm³/mol. The van der Waals surface area contributed by atoms with Gasteiger partial charge in [-0.25, -0.2) is 4.68 Å². The molecule has 2 heterocycles. The number of ketones is 1. The van der Waals surface area contributed by atoms with Crippen LogP contribution in [0, 0.1) is 6.92 Å². The number of carbonyl (C=O) groups excluding carboxylic acids is 1. The third-order valence-electron chi connectivity index (χ3n) is 6.68. The van der Waals surface area contributed by atoms with Gasteiger partial charge in [0.05, 0.1) is 24.9 Å². The maximum Gasteiger partial charge on any atom is 0.282 e. The lowest BCUT2D eigenvalue weighted by Gasteiger charge is -2.13. The molecule has 2 aromatic heterocycles. The van der Waals surface area contributed by atoms with E-state index < -0.39 is 0 Å². The van der Waals surface area contributed by atoms with Gasteiger partial charge in [0.1, 0.15) is 23.7 Å². The van der Waals surface area contributed by atoms with Crippen LogP contribution in [0.15, 0.2) is 83.8 Å². The molecule has 0 radical (unpaired) electrons. The fourth-order valence-electron chi connectivity index (χ4n) is 4.61. The van der Waals surface area contributed by atoms with E-state index >= 15 is 0 Å². The van der Waals surface area contributed by atoms with Gasteiger partial charge in [0.2, 0.25) is 0 Å². The number of hydrogen-bond donors (Lipinski definition) is 1. The highest BCUT2D eigenvalue weighted by molar-refractivity contribution is 5.98. The predicted octanol–water partition coefficient (Wildman–Crippen LogP) is 4.63. The largest absolute Gasteiger partial charge is 0.493 e. The summed E-state index contributed by atoms with van der Waals surface area (Å²) in [7, 11) is 3.31. The first-order valence-electron chi connectivity index (χ1n) is 12.8. The number of pyridine rings is 1.